The van der Waals surface area contributed by atoms with Crippen LogP contribution in [-0.4, -0.2) is 13.0 Å². The van der Waals surface area contributed by atoms with Crippen molar-refractivity contribution in [2.45, 2.75) is 6.54 Å². The molecule has 0 fully saturated rings. The smallest absolute Gasteiger partial charge is 0.252 e. The molecule has 3 nitrogen and oxygen atoms in total. The van der Waals surface area contributed by atoms with Gasteiger partial charge in [0.15, 0.2) is 0 Å². The summed E-state index contributed by atoms with van der Waals surface area (Å²) in [7, 11) is 1.55. The maximum absolute atomic E-state index is 12.2. The number of benzene rings is 2. The predicted molar refractivity (Wildman–Crippen MR) is 88.3 cm³/mol. The number of ether oxygens (including phenoxy) is 1. The van der Waals surface area contributed by atoms with Gasteiger partial charge >= 0.3 is 0 Å². The van der Waals surface area contributed by atoms with Crippen molar-refractivity contribution in [2.24, 2.45) is 0 Å². The second kappa shape index (κ2) is 7.16. The molecule has 0 heterocycles. The molecule has 0 spiro atoms. The highest BCUT2D eigenvalue weighted by Gasteiger charge is 2.12. The van der Waals surface area contributed by atoms with E-state index in [9.17, 15) is 4.79 Å². The van der Waals surface area contributed by atoms with Gasteiger partial charge in [-0.2, -0.15) is 0 Å². The fourth-order valence-corrected chi connectivity index (χ4v) is 2.64. The number of carbonyl (C=O) groups excluding carboxylic acids is 1. The summed E-state index contributed by atoms with van der Waals surface area (Å²) < 4.78 is 5.82. The van der Waals surface area contributed by atoms with Crippen LogP contribution in [0, 0.1) is 0 Å². The molecule has 0 aliphatic rings. The summed E-state index contributed by atoms with van der Waals surface area (Å²) in [6, 6.07) is 10.4. The fourth-order valence-electron chi connectivity index (χ4n) is 1.74. The van der Waals surface area contributed by atoms with Crippen LogP contribution in [0.5, 0.6) is 5.75 Å². The predicted octanol–water partition coefficient (Wildman–Crippen LogP) is 4.69. The zero-order valence-electron chi connectivity index (χ0n) is 11.1. The number of methoxy groups -OCH3 is 1. The standard InChI is InChI=1S/C15H12BrCl2NO2/c1-21-11-4-5-13(16)12(7-11)15(20)19-8-9-2-3-10(17)6-14(9)18/h2-7H,8H2,1H3,(H,19,20). The normalized spacial score (nSPS) is 10.3. The average molecular weight is 389 g/mol. The topological polar surface area (TPSA) is 38.3 Å². The number of hydrogen-bond donors (Lipinski definition) is 1. The van der Waals surface area contributed by atoms with Crippen molar-refractivity contribution in [3.8, 4) is 5.75 Å². The fraction of sp³-hybridized carbons (Fsp3) is 0.133. The molecule has 0 radical (unpaired) electrons. The number of halogens is 3. The van der Waals surface area contributed by atoms with Crippen LogP contribution in [-0.2, 0) is 6.54 Å². The number of hydrogen-bond acceptors (Lipinski definition) is 2. The van der Waals surface area contributed by atoms with Gasteiger partial charge in [0.1, 0.15) is 5.75 Å². The summed E-state index contributed by atoms with van der Waals surface area (Å²) in [6.45, 7) is 0.318. The van der Waals surface area contributed by atoms with E-state index in [0.717, 1.165) is 5.56 Å². The van der Waals surface area contributed by atoms with Crippen LogP contribution in [0.1, 0.15) is 15.9 Å². The van der Waals surface area contributed by atoms with E-state index in [1.54, 1.807) is 43.5 Å². The molecular formula is C15H12BrCl2NO2. The Morgan fingerprint density at radius 1 is 1.24 bits per heavy atom. The van der Waals surface area contributed by atoms with E-state index in [4.69, 9.17) is 27.9 Å². The third kappa shape index (κ3) is 4.13. The van der Waals surface area contributed by atoms with Gasteiger partial charge in [0.25, 0.3) is 5.91 Å². The first-order valence-corrected chi connectivity index (χ1v) is 7.62. The molecule has 0 aromatic heterocycles. The Bertz CT molecular complexity index is 677. The first-order valence-electron chi connectivity index (χ1n) is 6.07. The molecule has 0 bridgehead atoms. The third-order valence-corrected chi connectivity index (χ3v) is 4.15. The molecule has 21 heavy (non-hydrogen) atoms. The maximum atomic E-state index is 12.2. The van der Waals surface area contributed by atoms with E-state index in [1.807, 2.05) is 0 Å². The lowest BCUT2D eigenvalue weighted by Crippen LogP contribution is -2.23. The highest BCUT2D eigenvalue weighted by Crippen LogP contribution is 2.23. The van der Waals surface area contributed by atoms with Crippen LogP contribution in [0.25, 0.3) is 0 Å². The lowest BCUT2D eigenvalue weighted by Gasteiger charge is -2.10. The minimum Gasteiger partial charge on any atom is -0.497 e. The van der Waals surface area contributed by atoms with E-state index < -0.39 is 0 Å². The van der Waals surface area contributed by atoms with Gasteiger partial charge in [0.2, 0.25) is 0 Å². The van der Waals surface area contributed by atoms with Crippen LogP contribution in [0.3, 0.4) is 0 Å². The molecule has 6 heteroatoms. The van der Waals surface area contributed by atoms with Crippen molar-refractivity contribution in [1.29, 1.82) is 0 Å². The molecule has 0 aliphatic carbocycles. The van der Waals surface area contributed by atoms with Crippen molar-refractivity contribution in [2.75, 3.05) is 7.11 Å². The van der Waals surface area contributed by atoms with Crippen LogP contribution in [0.4, 0.5) is 0 Å². The molecule has 2 rings (SSSR count). The van der Waals surface area contributed by atoms with Gasteiger partial charge < -0.3 is 10.1 Å². The molecule has 0 saturated carbocycles. The van der Waals surface area contributed by atoms with Gasteiger partial charge in [-0.3, -0.25) is 4.79 Å². The van der Waals surface area contributed by atoms with Crippen LogP contribution in [0.15, 0.2) is 40.9 Å². The SMILES string of the molecule is COc1ccc(Br)c(C(=O)NCc2ccc(Cl)cc2Cl)c1. The Balaban J connectivity index is 2.11. The van der Waals surface area contributed by atoms with Gasteiger partial charge in [-0.1, -0.05) is 29.3 Å². The first kappa shape index (κ1) is 16.1. The lowest BCUT2D eigenvalue weighted by atomic mass is 10.2. The molecule has 0 unspecified atom stereocenters. The van der Waals surface area contributed by atoms with E-state index in [1.165, 1.54) is 0 Å². The molecule has 0 aliphatic heterocycles. The minimum absolute atomic E-state index is 0.216. The van der Waals surface area contributed by atoms with Gasteiger partial charge in [-0.15, -0.1) is 0 Å². The quantitative estimate of drug-likeness (QED) is 0.824. The highest BCUT2D eigenvalue weighted by molar-refractivity contribution is 9.10. The summed E-state index contributed by atoms with van der Waals surface area (Å²) in [5.41, 5.74) is 1.30. The molecular weight excluding hydrogens is 377 g/mol. The van der Waals surface area contributed by atoms with E-state index in [0.29, 0.717) is 32.4 Å². The van der Waals surface area contributed by atoms with Crippen LogP contribution >= 0.6 is 39.1 Å². The number of carbonyl (C=O) groups is 1. The second-order valence-corrected chi connectivity index (χ2v) is 5.96. The zero-order chi connectivity index (χ0) is 15.4. The Morgan fingerprint density at radius 3 is 2.67 bits per heavy atom. The van der Waals surface area contributed by atoms with E-state index >= 15 is 0 Å². The van der Waals surface area contributed by atoms with Crippen molar-refractivity contribution >= 4 is 45.0 Å². The molecule has 0 atom stereocenters. The van der Waals surface area contributed by atoms with Crippen LogP contribution in [0.2, 0.25) is 10.0 Å². The van der Waals surface area contributed by atoms with Gasteiger partial charge in [0, 0.05) is 21.1 Å². The number of nitrogens with one attached hydrogen (secondary N) is 1. The summed E-state index contributed by atoms with van der Waals surface area (Å²) in [5.74, 6) is 0.402. The van der Waals surface area contributed by atoms with Crippen molar-refractivity contribution in [1.82, 2.24) is 5.32 Å². The first-order chi connectivity index (χ1) is 10.0. The summed E-state index contributed by atoms with van der Waals surface area (Å²) >= 11 is 15.3. The van der Waals surface area contributed by atoms with Crippen LogP contribution < -0.4 is 10.1 Å². The summed E-state index contributed by atoms with van der Waals surface area (Å²) in [5, 5.41) is 3.90. The minimum atomic E-state index is -0.216. The summed E-state index contributed by atoms with van der Waals surface area (Å²) in [6.07, 6.45) is 0. The average Bonchev–Trinajstić information content (AvgIpc) is 2.46. The Labute approximate surface area is 141 Å². The van der Waals surface area contributed by atoms with Gasteiger partial charge in [0.05, 0.1) is 12.7 Å². The molecule has 1 amide bonds. The lowest BCUT2D eigenvalue weighted by molar-refractivity contribution is 0.0950. The molecule has 110 valence electrons. The number of rotatable bonds is 4. The molecule has 0 saturated heterocycles. The molecule has 1 N–H and O–H groups in total. The van der Waals surface area contributed by atoms with Crippen molar-refractivity contribution < 1.29 is 9.53 Å². The Morgan fingerprint density at radius 2 is 2.00 bits per heavy atom. The Hall–Kier alpha value is -1.23. The van der Waals surface area contributed by atoms with E-state index in [-0.39, 0.29) is 5.91 Å². The maximum Gasteiger partial charge on any atom is 0.252 e. The van der Waals surface area contributed by atoms with E-state index in [2.05, 4.69) is 21.2 Å². The molecule has 2 aromatic carbocycles. The van der Waals surface area contributed by atoms with Crippen molar-refractivity contribution in [3.05, 3.63) is 62.0 Å². The Kier molecular flexibility index (Phi) is 5.51. The van der Waals surface area contributed by atoms with Crippen molar-refractivity contribution in [3.63, 3.8) is 0 Å². The van der Waals surface area contributed by atoms with Gasteiger partial charge in [-0.25, -0.2) is 0 Å². The zero-order valence-corrected chi connectivity index (χ0v) is 14.2. The highest BCUT2D eigenvalue weighted by atomic mass is 79.9. The second-order valence-electron chi connectivity index (χ2n) is 4.26. The largest absolute Gasteiger partial charge is 0.497 e. The third-order valence-electron chi connectivity index (χ3n) is 2.87. The number of amides is 1. The monoisotopic (exact) mass is 387 g/mol. The summed E-state index contributed by atoms with van der Waals surface area (Å²) in [4.78, 5) is 12.2. The molecule has 2 aromatic rings. The van der Waals surface area contributed by atoms with Gasteiger partial charge in [-0.05, 0) is 51.8 Å².